The third-order valence-electron chi connectivity index (χ3n) is 2.27. The maximum Gasteiger partial charge on any atom is 0.131 e. The number of hydrogen-bond donors (Lipinski definition) is 0. The molecule has 0 saturated heterocycles. The smallest absolute Gasteiger partial charge is 0.0622 e. The van der Waals surface area contributed by atoms with Gasteiger partial charge in [0.1, 0.15) is 11.5 Å². The van der Waals surface area contributed by atoms with E-state index in [0.717, 1.165) is 11.5 Å². The first-order valence-corrected chi connectivity index (χ1v) is 9.47. The Bertz CT molecular complexity index is 517. The van der Waals surface area contributed by atoms with Gasteiger partial charge in [0.05, 0.1) is 0 Å². The number of halogens is 6. The van der Waals surface area contributed by atoms with Crippen LogP contribution in [0.5, 0.6) is 0 Å². The molecule has 0 unspecified atom stereocenters. The molecule has 0 fully saturated rings. The van der Waals surface area contributed by atoms with Crippen molar-refractivity contribution >= 4 is 19.6 Å². The van der Waals surface area contributed by atoms with E-state index >= 15 is 0 Å². The largest absolute Gasteiger partial charge is 0.131 e. The van der Waals surface area contributed by atoms with Gasteiger partial charge in [-0.1, -0.05) is 60.7 Å². The van der Waals surface area contributed by atoms with Crippen LogP contribution in [0.4, 0.5) is 25.2 Å². The average Bonchev–Trinajstić information content (AvgIpc) is 2.38. The Hall–Kier alpha value is -1.20. The molecule has 2 aromatic rings. The summed E-state index contributed by atoms with van der Waals surface area (Å²) in [5, 5.41) is 0. The monoisotopic (exact) mass is 360 g/mol. The maximum atomic E-state index is 9.87. The summed E-state index contributed by atoms with van der Waals surface area (Å²) in [6, 6.07) is 21.3. The molecule has 0 atom stereocenters. The third-order valence-corrected chi connectivity index (χ3v) is 3.45. The van der Waals surface area contributed by atoms with Crippen LogP contribution in [0.2, 0.25) is 0 Å². The summed E-state index contributed by atoms with van der Waals surface area (Å²) in [6.07, 6.45) is 0. The third kappa shape index (κ3) is 13.8. The van der Waals surface area contributed by atoms with Crippen molar-refractivity contribution in [1.29, 1.82) is 0 Å². The van der Waals surface area contributed by atoms with Crippen LogP contribution in [-0.2, 0) is 23.3 Å². The molecule has 2 rings (SSSR count). The standard InChI is InChI=1S/C14H14S.F6P/c1-3-7-13(8-4-1)11-15-12-14-9-5-2-6-10-14;1-7(2,3,4,5)6/h1-10H,11-12H2;/q;-1/p+1. The molecule has 8 heteroatoms. The van der Waals surface area contributed by atoms with Crippen LogP contribution in [0.3, 0.4) is 0 Å². The number of benzene rings is 2. The zero-order valence-corrected chi connectivity index (χ0v) is 13.1. The van der Waals surface area contributed by atoms with Gasteiger partial charge in [0.15, 0.2) is 0 Å². The Morgan fingerprint density at radius 3 is 1.14 bits per heavy atom. The van der Waals surface area contributed by atoms with Gasteiger partial charge in [-0.3, -0.25) is 0 Å². The molecule has 0 aromatic heterocycles. The molecule has 0 aliphatic rings. The SMILES string of the molecule is F[P-](F)(F)(F)(F)F.c1ccc(C[SH+]Cc2ccccc2)cc1. The minimum Gasteiger partial charge on any atom is -0.0622 e. The van der Waals surface area contributed by atoms with Crippen LogP contribution in [0, 0.1) is 0 Å². The molecule has 0 heterocycles. The normalized spacial score (nSPS) is 14.3. The van der Waals surface area contributed by atoms with Gasteiger partial charge < -0.3 is 0 Å². The van der Waals surface area contributed by atoms with Crippen molar-refractivity contribution in [3.63, 3.8) is 0 Å². The van der Waals surface area contributed by atoms with E-state index in [0.29, 0.717) is 0 Å². The maximum absolute atomic E-state index is 10.7. The van der Waals surface area contributed by atoms with Crippen LogP contribution < -0.4 is 0 Å². The van der Waals surface area contributed by atoms with Crippen LogP contribution in [0.15, 0.2) is 60.7 Å². The summed E-state index contributed by atoms with van der Waals surface area (Å²) in [5.41, 5.74) is 2.85. The Kier molecular flexibility index (Phi) is 5.57. The fourth-order valence-corrected chi connectivity index (χ4v) is 2.53. The second-order valence-corrected chi connectivity index (χ2v) is 7.47. The topological polar surface area (TPSA) is 0 Å². The average molecular weight is 360 g/mol. The predicted molar refractivity (Wildman–Crippen MR) is 82.6 cm³/mol. The van der Waals surface area contributed by atoms with Crippen molar-refractivity contribution < 1.29 is 25.2 Å². The van der Waals surface area contributed by atoms with Crippen LogP contribution in [0.25, 0.3) is 0 Å². The zero-order valence-electron chi connectivity index (χ0n) is 11.3. The summed E-state index contributed by atoms with van der Waals surface area (Å²) >= 11 is 1.47. The summed E-state index contributed by atoms with van der Waals surface area (Å²) in [7, 11) is -10.7. The molecule has 124 valence electrons. The minimum absolute atomic E-state index is 1.15. The van der Waals surface area contributed by atoms with E-state index in [1.165, 1.54) is 22.9 Å². The van der Waals surface area contributed by atoms with Gasteiger partial charge in [-0.05, 0) is 11.8 Å². The number of rotatable bonds is 4. The van der Waals surface area contributed by atoms with Crippen molar-refractivity contribution in [2.45, 2.75) is 11.5 Å². The van der Waals surface area contributed by atoms with Gasteiger partial charge in [0.25, 0.3) is 0 Å². The van der Waals surface area contributed by atoms with Gasteiger partial charge in [-0.15, -0.1) is 0 Å². The second-order valence-electron chi connectivity index (χ2n) is 4.47. The Labute approximate surface area is 128 Å². The van der Waals surface area contributed by atoms with Crippen molar-refractivity contribution in [1.82, 2.24) is 0 Å². The van der Waals surface area contributed by atoms with E-state index in [4.69, 9.17) is 0 Å². The first-order chi connectivity index (χ1) is 9.90. The van der Waals surface area contributed by atoms with Crippen LogP contribution in [0.1, 0.15) is 11.1 Å². The molecule has 0 N–H and O–H groups in total. The molecule has 0 amide bonds. The van der Waals surface area contributed by atoms with Crippen molar-refractivity contribution in [3.8, 4) is 0 Å². The summed E-state index contributed by atoms with van der Waals surface area (Å²) in [6.45, 7) is 0. The van der Waals surface area contributed by atoms with E-state index in [-0.39, 0.29) is 0 Å². The van der Waals surface area contributed by atoms with Gasteiger partial charge in [-0.2, -0.15) is 0 Å². The second kappa shape index (κ2) is 6.50. The Balaban J connectivity index is 0.000000295. The number of thiol groups is 1. The zero-order chi connectivity index (χ0) is 16.8. The molecule has 0 aliphatic heterocycles. The van der Waals surface area contributed by atoms with E-state index in [2.05, 4.69) is 60.7 Å². The van der Waals surface area contributed by atoms with E-state index in [1.54, 1.807) is 0 Å². The van der Waals surface area contributed by atoms with Crippen molar-refractivity contribution in [2.75, 3.05) is 0 Å². The molecule has 0 saturated carbocycles. The van der Waals surface area contributed by atoms with Gasteiger partial charge in [-0.25, -0.2) is 0 Å². The minimum atomic E-state index is -10.7. The molecule has 0 bridgehead atoms. The van der Waals surface area contributed by atoms with E-state index in [1.807, 2.05) is 0 Å². The quantitative estimate of drug-likeness (QED) is 0.250. The predicted octanol–water partition coefficient (Wildman–Crippen LogP) is 6.58. The Morgan fingerprint density at radius 1 is 0.591 bits per heavy atom. The molecule has 2 aromatic carbocycles. The molecule has 0 radical (unpaired) electrons. The van der Waals surface area contributed by atoms with Crippen molar-refractivity contribution in [2.24, 2.45) is 0 Å². The van der Waals surface area contributed by atoms with E-state index in [9.17, 15) is 25.2 Å². The fourth-order valence-electron chi connectivity index (χ4n) is 1.48. The van der Waals surface area contributed by atoms with Crippen LogP contribution in [-0.4, -0.2) is 0 Å². The summed E-state index contributed by atoms with van der Waals surface area (Å²) in [4.78, 5) is 0. The van der Waals surface area contributed by atoms with Gasteiger partial charge in [0, 0.05) is 11.1 Å². The number of hydrogen-bond acceptors (Lipinski definition) is 0. The van der Waals surface area contributed by atoms with E-state index < -0.39 is 7.81 Å². The molecule has 0 aliphatic carbocycles. The molecule has 0 spiro atoms. The molecular weight excluding hydrogens is 345 g/mol. The summed E-state index contributed by atoms with van der Waals surface area (Å²) in [5.74, 6) is 2.30. The van der Waals surface area contributed by atoms with Crippen LogP contribution >= 0.6 is 7.81 Å². The molecular formula is C14H15F6PS. The van der Waals surface area contributed by atoms with Crippen molar-refractivity contribution in [3.05, 3.63) is 71.8 Å². The summed E-state index contributed by atoms with van der Waals surface area (Å²) < 4.78 is 59.2. The molecule has 0 nitrogen and oxygen atoms in total. The first kappa shape index (κ1) is 18.8. The van der Waals surface area contributed by atoms with Gasteiger partial charge in [0.2, 0.25) is 0 Å². The Morgan fingerprint density at radius 2 is 0.864 bits per heavy atom. The molecule has 22 heavy (non-hydrogen) atoms. The van der Waals surface area contributed by atoms with Gasteiger partial charge >= 0.3 is 33.0 Å². The fraction of sp³-hybridized carbons (Fsp3) is 0.143. The first-order valence-electron chi connectivity index (χ1n) is 6.18.